The zero-order chi connectivity index (χ0) is 11.5. The van der Waals surface area contributed by atoms with Gasteiger partial charge in [-0.1, -0.05) is 6.07 Å². The van der Waals surface area contributed by atoms with Crippen molar-refractivity contribution in [2.75, 3.05) is 0 Å². The number of amides is 1. The highest BCUT2D eigenvalue weighted by molar-refractivity contribution is 5.94. The third-order valence-electron chi connectivity index (χ3n) is 2.88. The van der Waals surface area contributed by atoms with E-state index in [-0.39, 0.29) is 11.9 Å². The Morgan fingerprint density at radius 2 is 2.25 bits per heavy atom. The molecule has 1 amide bonds. The van der Waals surface area contributed by atoms with Crippen LogP contribution in [0.15, 0.2) is 24.3 Å². The molecule has 0 bridgehead atoms. The molecule has 2 atom stereocenters. The molecule has 0 spiro atoms. The molecule has 1 aromatic rings. The number of halogens is 1. The van der Waals surface area contributed by atoms with Gasteiger partial charge in [-0.3, -0.25) is 4.79 Å². The number of hydrogen-bond acceptors (Lipinski definition) is 2. The number of benzene rings is 1. The van der Waals surface area contributed by atoms with Crippen LogP contribution in [-0.2, 0) is 0 Å². The lowest BCUT2D eigenvalue weighted by molar-refractivity contribution is 0.0873. The minimum atomic E-state index is -0.475. The monoisotopic (exact) mass is 223 g/mol. The Kier molecular flexibility index (Phi) is 3.19. The third kappa shape index (κ3) is 2.39. The van der Waals surface area contributed by atoms with Crippen molar-refractivity contribution in [3.05, 3.63) is 35.6 Å². The van der Waals surface area contributed by atoms with Crippen molar-refractivity contribution in [3.8, 4) is 0 Å². The van der Waals surface area contributed by atoms with E-state index in [1.807, 2.05) is 0 Å². The Hall–Kier alpha value is -1.42. The average molecular weight is 223 g/mol. The summed E-state index contributed by atoms with van der Waals surface area (Å²) in [6.45, 7) is 0. The fourth-order valence-electron chi connectivity index (χ4n) is 1.99. The van der Waals surface area contributed by atoms with E-state index >= 15 is 0 Å². The molecule has 3 nitrogen and oxygen atoms in total. The molecule has 0 radical (unpaired) electrons. The van der Waals surface area contributed by atoms with E-state index in [0.717, 1.165) is 12.8 Å². The molecule has 86 valence electrons. The number of hydrogen-bond donors (Lipinski definition) is 2. The minimum absolute atomic E-state index is 0.198. The van der Waals surface area contributed by atoms with Crippen LogP contribution in [0.25, 0.3) is 0 Å². The van der Waals surface area contributed by atoms with Crippen molar-refractivity contribution in [1.29, 1.82) is 0 Å². The predicted octanol–water partition coefficient (Wildman–Crippen LogP) is 1.47. The van der Waals surface area contributed by atoms with Gasteiger partial charge in [0.15, 0.2) is 0 Å². The average Bonchev–Trinajstić information content (AvgIpc) is 2.64. The van der Waals surface area contributed by atoms with E-state index < -0.39 is 11.9 Å². The van der Waals surface area contributed by atoms with Gasteiger partial charge in [0.25, 0.3) is 5.91 Å². The molecule has 1 aromatic carbocycles. The highest BCUT2D eigenvalue weighted by atomic mass is 19.1. The summed E-state index contributed by atoms with van der Waals surface area (Å²) >= 11 is 0. The predicted molar refractivity (Wildman–Crippen MR) is 57.5 cm³/mol. The Morgan fingerprint density at radius 3 is 2.88 bits per heavy atom. The molecule has 1 aliphatic carbocycles. The Bertz CT molecular complexity index is 394. The molecule has 16 heavy (non-hydrogen) atoms. The molecule has 0 unspecified atom stereocenters. The molecule has 2 rings (SSSR count). The molecule has 1 fully saturated rings. The first-order chi connectivity index (χ1) is 7.66. The van der Waals surface area contributed by atoms with Gasteiger partial charge in [-0.15, -0.1) is 0 Å². The molecule has 1 aliphatic rings. The fourth-order valence-corrected chi connectivity index (χ4v) is 1.99. The van der Waals surface area contributed by atoms with Gasteiger partial charge in [0, 0.05) is 5.56 Å². The molecular formula is C12H14FNO2. The molecule has 0 aliphatic heterocycles. The topological polar surface area (TPSA) is 49.3 Å². The van der Waals surface area contributed by atoms with Crippen molar-refractivity contribution >= 4 is 5.91 Å². The van der Waals surface area contributed by atoms with Crippen LogP contribution in [0.4, 0.5) is 4.39 Å². The van der Waals surface area contributed by atoms with Crippen LogP contribution >= 0.6 is 0 Å². The number of carbonyl (C=O) groups is 1. The molecule has 0 aromatic heterocycles. The molecule has 0 heterocycles. The molecule has 4 heteroatoms. The quantitative estimate of drug-likeness (QED) is 0.797. The number of aliphatic hydroxyl groups excluding tert-OH is 1. The van der Waals surface area contributed by atoms with E-state index in [2.05, 4.69) is 5.32 Å². The third-order valence-corrected chi connectivity index (χ3v) is 2.88. The molecule has 1 saturated carbocycles. The van der Waals surface area contributed by atoms with Crippen LogP contribution in [0.1, 0.15) is 29.6 Å². The van der Waals surface area contributed by atoms with E-state index in [9.17, 15) is 14.3 Å². The van der Waals surface area contributed by atoms with Gasteiger partial charge in [0.1, 0.15) is 5.82 Å². The van der Waals surface area contributed by atoms with Crippen molar-refractivity contribution < 1.29 is 14.3 Å². The van der Waals surface area contributed by atoms with Gasteiger partial charge in [-0.25, -0.2) is 4.39 Å². The number of rotatable bonds is 2. The largest absolute Gasteiger partial charge is 0.391 e. The standard InChI is InChI=1S/C12H14FNO2/c13-9-4-1-3-8(7-9)12(16)14-10-5-2-6-11(10)15/h1,3-4,7,10-11,15H,2,5-6H2,(H,14,16)/t10-,11-/m1/s1. The van der Waals surface area contributed by atoms with Crippen molar-refractivity contribution in [3.63, 3.8) is 0 Å². The van der Waals surface area contributed by atoms with Crippen LogP contribution in [0.3, 0.4) is 0 Å². The van der Waals surface area contributed by atoms with Crippen molar-refractivity contribution in [2.45, 2.75) is 31.4 Å². The Morgan fingerprint density at radius 1 is 1.44 bits per heavy atom. The second-order valence-corrected chi connectivity index (χ2v) is 4.09. The van der Waals surface area contributed by atoms with Gasteiger partial charge >= 0.3 is 0 Å². The first kappa shape index (κ1) is 11.1. The van der Waals surface area contributed by atoms with Gasteiger partial charge < -0.3 is 10.4 Å². The zero-order valence-electron chi connectivity index (χ0n) is 8.82. The first-order valence-electron chi connectivity index (χ1n) is 5.41. The summed E-state index contributed by atoms with van der Waals surface area (Å²) in [5, 5.41) is 12.3. The molecule has 0 saturated heterocycles. The second-order valence-electron chi connectivity index (χ2n) is 4.09. The van der Waals surface area contributed by atoms with E-state index in [1.165, 1.54) is 18.2 Å². The highest BCUT2D eigenvalue weighted by Crippen LogP contribution is 2.19. The summed E-state index contributed by atoms with van der Waals surface area (Å²) in [4.78, 5) is 11.7. The van der Waals surface area contributed by atoms with Gasteiger partial charge in [0.2, 0.25) is 0 Å². The second kappa shape index (κ2) is 4.61. The van der Waals surface area contributed by atoms with Gasteiger partial charge in [0.05, 0.1) is 12.1 Å². The summed E-state index contributed by atoms with van der Waals surface area (Å²) < 4.78 is 12.9. The van der Waals surface area contributed by atoms with Crippen LogP contribution in [0.5, 0.6) is 0 Å². The Balaban J connectivity index is 2.03. The van der Waals surface area contributed by atoms with Crippen molar-refractivity contribution in [2.24, 2.45) is 0 Å². The van der Waals surface area contributed by atoms with Crippen LogP contribution in [0.2, 0.25) is 0 Å². The van der Waals surface area contributed by atoms with E-state index in [0.29, 0.717) is 12.0 Å². The summed E-state index contributed by atoms with van der Waals surface area (Å²) in [5.41, 5.74) is 0.291. The lowest BCUT2D eigenvalue weighted by Crippen LogP contribution is -2.39. The Labute approximate surface area is 93.3 Å². The summed E-state index contributed by atoms with van der Waals surface area (Å²) in [5.74, 6) is -0.759. The molecular weight excluding hydrogens is 209 g/mol. The number of nitrogens with one attached hydrogen (secondary N) is 1. The van der Waals surface area contributed by atoms with Crippen molar-refractivity contribution in [1.82, 2.24) is 5.32 Å². The smallest absolute Gasteiger partial charge is 0.251 e. The first-order valence-corrected chi connectivity index (χ1v) is 5.41. The van der Waals surface area contributed by atoms with Gasteiger partial charge in [-0.05, 0) is 37.5 Å². The lowest BCUT2D eigenvalue weighted by atomic mass is 10.1. The summed E-state index contributed by atoms with van der Waals surface area (Å²) in [6.07, 6.45) is 1.93. The van der Waals surface area contributed by atoms with E-state index in [4.69, 9.17) is 0 Å². The van der Waals surface area contributed by atoms with Crippen LogP contribution in [0, 0.1) is 5.82 Å². The molecule has 2 N–H and O–H groups in total. The summed E-state index contributed by atoms with van der Waals surface area (Å²) in [6, 6.07) is 5.34. The maximum absolute atomic E-state index is 12.9. The lowest BCUT2D eigenvalue weighted by Gasteiger charge is -2.16. The maximum atomic E-state index is 12.9. The maximum Gasteiger partial charge on any atom is 0.251 e. The minimum Gasteiger partial charge on any atom is -0.391 e. The van der Waals surface area contributed by atoms with Crippen LogP contribution < -0.4 is 5.32 Å². The van der Waals surface area contributed by atoms with Gasteiger partial charge in [-0.2, -0.15) is 0 Å². The fraction of sp³-hybridized carbons (Fsp3) is 0.417. The number of aliphatic hydroxyl groups is 1. The normalized spacial score (nSPS) is 24.4. The zero-order valence-corrected chi connectivity index (χ0v) is 8.82. The summed E-state index contributed by atoms with van der Waals surface area (Å²) in [7, 11) is 0. The SMILES string of the molecule is O=C(N[C@@H]1CCC[C@H]1O)c1cccc(F)c1. The van der Waals surface area contributed by atoms with Crippen LogP contribution in [-0.4, -0.2) is 23.2 Å². The highest BCUT2D eigenvalue weighted by Gasteiger charge is 2.26. The van der Waals surface area contributed by atoms with E-state index in [1.54, 1.807) is 6.07 Å². The number of carbonyl (C=O) groups excluding carboxylic acids is 1.